The van der Waals surface area contributed by atoms with E-state index in [0.717, 1.165) is 44.5 Å². The van der Waals surface area contributed by atoms with E-state index in [2.05, 4.69) is 97.1 Å². The maximum absolute atomic E-state index is 6.63. The fourth-order valence-electron chi connectivity index (χ4n) is 9.97. The Morgan fingerprint density at radius 2 is 0.286 bits per heavy atom. The van der Waals surface area contributed by atoms with Crippen LogP contribution in [0, 0.1) is 10.8 Å². The van der Waals surface area contributed by atoms with E-state index in [0.29, 0.717) is 52.9 Å². The molecule has 0 saturated carbocycles. The third-order valence-electron chi connectivity index (χ3n) is 13.9. The van der Waals surface area contributed by atoms with E-state index in [4.69, 9.17) is 37.9 Å². The molecule has 0 amide bonds. The summed E-state index contributed by atoms with van der Waals surface area (Å²) >= 11 is 0. The molecule has 70 heavy (non-hydrogen) atoms. The van der Waals surface area contributed by atoms with Crippen LogP contribution in [0.25, 0.3) is 0 Å². The number of benzene rings is 8. The highest BCUT2D eigenvalue weighted by Crippen LogP contribution is 2.49. The molecule has 0 aromatic heterocycles. The van der Waals surface area contributed by atoms with Crippen molar-refractivity contribution in [3.8, 4) is 0 Å². The summed E-state index contributed by atoms with van der Waals surface area (Å²) in [6.07, 6.45) is 0. The van der Waals surface area contributed by atoms with E-state index in [-0.39, 0.29) is 0 Å². The molecule has 8 nitrogen and oxygen atoms in total. The summed E-state index contributed by atoms with van der Waals surface area (Å²) in [5.74, 6) is -3.83. The first-order chi connectivity index (χ1) is 34.5. The Kier molecular flexibility index (Phi) is 12.9. The van der Waals surface area contributed by atoms with Crippen LogP contribution in [0.1, 0.15) is 44.5 Å². The van der Waals surface area contributed by atoms with E-state index < -0.39 is 34.0 Å². The fraction of sp³-hybridized carbons (Fsp3) is 0.226. The van der Waals surface area contributed by atoms with Crippen LogP contribution in [0.5, 0.6) is 0 Å². The highest BCUT2D eigenvalue weighted by atomic mass is 16.7. The minimum absolute atomic E-state index is 0.403. The second-order valence-corrected chi connectivity index (χ2v) is 18.7. The molecule has 0 radical (unpaired) electrons. The maximum atomic E-state index is 6.63. The van der Waals surface area contributed by atoms with Crippen molar-refractivity contribution in [3.63, 3.8) is 0 Å². The third-order valence-corrected chi connectivity index (χ3v) is 13.9. The van der Waals surface area contributed by atoms with Gasteiger partial charge in [0.25, 0.3) is 0 Å². The van der Waals surface area contributed by atoms with Gasteiger partial charge in [-0.05, 0) is 0 Å². The fourth-order valence-corrected chi connectivity index (χ4v) is 9.97. The summed E-state index contributed by atoms with van der Waals surface area (Å²) < 4.78 is 53.0. The molecule has 4 heterocycles. The molecular formula is C62H56O8. The van der Waals surface area contributed by atoms with Crippen LogP contribution >= 0.6 is 0 Å². The zero-order valence-corrected chi connectivity index (χ0v) is 39.0. The molecule has 352 valence electrons. The number of hydrogen-bond donors (Lipinski definition) is 0. The highest BCUT2D eigenvalue weighted by molar-refractivity contribution is 5.39. The lowest BCUT2D eigenvalue weighted by molar-refractivity contribution is -0.357. The first-order valence-electron chi connectivity index (χ1n) is 24.1. The topological polar surface area (TPSA) is 73.8 Å². The van der Waals surface area contributed by atoms with Gasteiger partial charge in [0.2, 0.25) is 23.1 Å². The molecule has 4 aliphatic rings. The molecule has 8 heteroatoms. The molecule has 2 spiro atoms. The lowest BCUT2D eigenvalue weighted by Crippen LogP contribution is -2.57. The molecule has 4 aliphatic heterocycles. The molecule has 4 fully saturated rings. The maximum Gasteiger partial charge on any atom is 0.222 e. The van der Waals surface area contributed by atoms with Gasteiger partial charge in [-0.1, -0.05) is 243 Å². The van der Waals surface area contributed by atoms with E-state index in [1.54, 1.807) is 0 Å². The van der Waals surface area contributed by atoms with Gasteiger partial charge in [-0.3, -0.25) is 0 Å². The summed E-state index contributed by atoms with van der Waals surface area (Å²) in [7, 11) is 0. The lowest BCUT2D eigenvalue weighted by Gasteiger charge is -2.51. The van der Waals surface area contributed by atoms with Crippen molar-refractivity contribution in [3.05, 3.63) is 287 Å². The van der Waals surface area contributed by atoms with Gasteiger partial charge < -0.3 is 37.9 Å². The number of hydrogen-bond acceptors (Lipinski definition) is 8. The van der Waals surface area contributed by atoms with Crippen LogP contribution in [-0.2, 0) is 61.0 Å². The Labute approximate surface area is 410 Å². The Hall–Kier alpha value is -6.56. The minimum Gasteiger partial charge on any atom is -0.341 e. The van der Waals surface area contributed by atoms with Crippen LogP contribution in [0.15, 0.2) is 243 Å². The van der Waals surface area contributed by atoms with E-state index >= 15 is 0 Å². The zero-order valence-electron chi connectivity index (χ0n) is 39.0. The van der Waals surface area contributed by atoms with E-state index in [1.165, 1.54) is 0 Å². The third kappa shape index (κ3) is 8.61. The van der Waals surface area contributed by atoms with Gasteiger partial charge in [0.1, 0.15) is 0 Å². The van der Waals surface area contributed by atoms with Gasteiger partial charge in [0.05, 0.1) is 63.7 Å². The lowest BCUT2D eigenvalue weighted by atomic mass is 9.86. The standard InChI is InChI=1S/2C31H28O4/c2*1-5-13-25(14-6-1)30(26-15-7-2-8-16-26)32-21-29(22-33-30)23-34-31(35-24-29,27-17-9-3-10-18-27)28-19-11-4-12-20-28/h2*1-20H,21-24H2. The monoisotopic (exact) mass is 928 g/mol. The summed E-state index contributed by atoms with van der Waals surface area (Å²) in [5.41, 5.74) is 6.98. The molecule has 0 bridgehead atoms. The Balaban J connectivity index is 0.000000152. The van der Waals surface area contributed by atoms with Gasteiger partial charge >= 0.3 is 0 Å². The van der Waals surface area contributed by atoms with Crippen LogP contribution in [0.2, 0.25) is 0 Å². The van der Waals surface area contributed by atoms with Gasteiger partial charge in [-0.15, -0.1) is 0 Å². The molecule has 4 saturated heterocycles. The van der Waals surface area contributed by atoms with Gasteiger partial charge in [-0.2, -0.15) is 0 Å². The number of ether oxygens (including phenoxy) is 8. The van der Waals surface area contributed by atoms with Crippen LogP contribution in [-0.4, -0.2) is 52.9 Å². The van der Waals surface area contributed by atoms with Gasteiger partial charge in [-0.25, -0.2) is 0 Å². The minimum atomic E-state index is -0.957. The molecule has 0 N–H and O–H groups in total. The molecule has 0 unspecified atom stereocenters. The second kappa shape index (κ2) is 19.7. The molecule has 8 aromatic carbocycles. The first-order valence-corrected chi connectivity index (χ1v) is 24.1. The predicted molar refractivity (Wildman–Crippen MR) is 267 cm³/mol. The Bertz CT molecular complexity index is 2280. The van der Waals surface area contributed by atoms with Gasteiger partial charge in [0, 0.05) is 44.5 Å². The summed E-state index contributed by atoms with van der Waals surface area (Å²) in [5, 5.41) is 0. The van der Waals surface area contributed by atoms with Crippen molar-refractivity contribution in [2.75, 3.05) is 52.9 Å². The average molecular weight is 929 g/mol. The van der Waals surface area contributed by atoms with E-state index in [9.17, 15) is 0 Å². The van der Waals surface area contributed by atoms with Crippen LogP contribution in [0.3, 0.4) is 0 Å². The van der Waals surface area contributed by atoms with Crippen molar-refractivity contribution in [1.82, 2.24) is 0 Å². The zero-order chi connectivity index (χ0) is 47.2. The molecule has 8 aromatic rings. The molecule has 0 aliphatic carbocycles. The first kappa shape index (κ1) is 45.9. The van der Waals surface area contributed by atoms with Crippen LogP contribution in [0.4, 0.5) is 0 Å². The smallest absolute Gasteiger partial charge is 0.222 e. The largest absolute Gasteiger partial charge is 0.341 e. The summed E-state index contributed by atoms with van der Waals surface area (Å²) in [6.45, 7) is 3.64. The predicted octanol–water partition coefficient (Wildman–Crippen LogP) is 11.7. The molecule has 0 atom stereocenters. The molecular weight excluding hydrogens is 873 g/mol. The van der Waals surface area contributed by atoms with Crippen molar-refractivity contribution < 1.29 is 37.9 Å². The number of rotatable bonds is 8. The summed E-state index contributed by atoms with van der Waals surface area (Å²) in [6, 6.07) is 81.0. The Morgan fingerprint density at radius 3 is 0.400 bits per heavy atom. The van der Waals surface area contributed by atoms with Crippen LogP contribution < -0.4 is 0 Å². The van der Waals surface area contributed by atoms with E-state index in [1.807, 2.05) is 146 Å². The van der Waals surface area contributed by atoms with Crippen molar-refractivity contribution in [2.24, 2.45) is 10.8 Å². The van der Waals surface area contributed by atoms with Gasteiger partial charge in [0.15, 0.2) is 0 Å². The second-order valence-electron chi connectivity index (χ2n) is 18.7. The van der Waals surface area contributed by atoms with Crippen molar-refractivity contribution >= 4 is 0 Å². The average Bonchev–Trinajstić information content (AvgIpc) is 3.46. The summed E-state index contributed by atoms with van der Waals surface area (Å²) in [4.78, 5) is 0. The SMILES string of the molecule is c1ccc(C2(c3ccccc3)OCC3(CO2)COC(c2ccccc2)(c2ccccc2)OC3)cc1.c1ccc(C2(c3ccccc3)OCC3(CO2)COC(c2ccccc2)(c2ccccc2)OC3)cc1. The highest BCUT2D eigenvalue weighted by Gasteiger charge is 2.55. The van der Waals surface area contributed by atoms with Crippen molar-refractivity contribution in [2.45, 2.75) is 23.1 Å². The quantitative estimate of drug-likeness (QED) is 0.149. The Morgan fingerprint density at radius 1 is 0.171 bits per heavy atom. The van der Waals surface area contributed by atoms with Crippen molar-refractivity contribution in [1.29, 1.82) is 0 Å². The normalized spacial score (nSPS) is 20.3. The molecule has 12 rings (SSSR count).